The molecule has 28 heteroatoms. The van der Waals surface area contributed by atoms with E-state index in [1.165, 1.54) is 45.7 Å². The zero-order chi connectivity index (χ0) is 60.7. The summed E-state index contributed by atoms with van der Waals surface area (Å²) in [5, 5.41) is 15.9. The summed E-state index contributed by atoms with van der Waals surface area (Å²) in [5.74, 6) is 6.30. The maximum absolute atomic E-state index is 14.1. The number of carbonyl (C=O) groups excluding carboxylic acids is 2. The molecule has 0 spiro atoms. The van der Waals surface area contributed by atoms with Crippen LogP contribution in [0.4, 0.5) is 16.3 Å². The highest BCUT2D eigenvalue weighted by Crippen LogP contribution is 2.66. The van der Waals surface area contributed by atoms with Crippen LogP contribution in [0.2, 0.25) is 0 Å². The molecule has 0 bridgehead atoms. The number of nitrogen functional groups attached to an aromatic ring is 1. The quantitative estimate of drug-likeness (QED) is 0.0137. The van der Waals surface area contributed by atoms with Gasteiger partial charge in [0.15, 0.2) is 5.78 Å². The number of aryl methyl sites for hydroxylation is 2. The molecule has 86 heavy (non-hydrogen) atoms. The third-order valence-corrected chi connectivity index (χ3v) is 19.8. The van der Waals surface area contributed by atoms with Crippen molar-refractivity contribution in [1.82, 2.24) is 24.4 Å². The number of hydrogen-bond acceptors (Lipinski definition) is 17. The molecule has 0 radical (unpaired) electrons. The average molecular weight is 1240 g/mol. The largest absolute Gasteiger partial charge is 0.490 e. The normalized spacial score (nSPS) is 19.8. The fourth-order valence-corrected chi connectivity index (χ4v) is 15.6. The van der Waals surface area contributed by atoms with E-state index in [9.17, 15) is 43.0 Å². The number of phosphoric acid groups is 3. The molecule has 8 N–H and O–H groups in total. The van der Waals surface area contributed by atoms with Gasteiger partial charge in [-0.2, -0.15) is 8.62 Å². The fourth-order valence-electron chi connectivity index (χ4n) is 12.6. The number of anilines is 2. The van der Waals surface area contributed by atoms with E-state index in [0.29, 0.717) is 46.1 Å². The number of aromatic carboxylic acids is 1. The fraction of sp³-hybridized carbons (Fsp3) is 0.414. The molecule has 2 unspecified atom stereocenters. The van der Waals surface area contributed by atoms with Crippen molar-refractivity contribution in [3.63, 3.8) is 0 Å². The van der Waals surface area contributed by atoms with E-state index in [0.717, 1.165) is 105 Å². The first-order valence-electron chi connectivity index (χ1n) is 28.3. The molecule has 8 heterocycles. The number of ether oxygens (including phenoxy) is 4. The Morgan fingerprint density at radius 1 is 0.919 bits per heavy atom. The number of carbonyl (C=O) groups is 3. The van der Waals surface area contributed by atoms with Gasteiger partial charge in [0, 0.05) is 83.7 Å². The van der Waals surface area contributed by atoms with E-state index in [1.54, 1.807) is 29.0 Å². The first kappa shape index (κ1) is 60.8. The number of fused-ring (bicyclic) bond motifs is 5. The summed E-state index contributed by atoms with van der Waals surface area (Å²) >= 11 is 0. The molecule has 5 atom stereocenters. The SMILES string of the molecule is C=CCO[C@@H]1C[C@H](Cn2cc(C#CCNC(=O)OCC(=C)CCCC(=O)c3ccc(C(=O)O)c(C4=c5cc6c7c(c5Oc5c4cc4c8c5CCCN8CCC4)CCC[N+]=7CCC6)c3)c3c(N)ncnc32)O[C@@H]1COP(=O)(O)OP(=O)(O)OP(=O)(O)O. The average Bonchev–Trinajstić information content (AvgIpc) is 0.890. The molecule has 0 saturated carbocycles. The Kier molecular flexibility index (Phi) is 17.7. The van der Waals surface area contributed by atoms with E-state index in [4.69, 9.17) is 39.0 Å². The summed E-state index contributed by atoms with van der Waals surface area (Å²) in [7, 11) is -16.8. The van der Waals surface area contributed by atoms with Crippen molar-refractivity contribution >= 4 is 69.4 Å². The van der Waals surface area contributed by atoms with Crippen LogP contribution in [0.1, 0.15) is 111 Å². The Bertz CT molecular complexity index is 3980. The van der Waals surface area contributed by atoms with E-state index in [2.05, 4.69) is 70.5 Å². The molecule has 1 fully saturated rings. The van der Waals surface area contributed by atoms with Crippen molar-refractivity contribution in [1.29, 1.82) is 0 Å². The Morgan fingerprint density at radius 2 is 1.69 bits per heavy atom. The second-order valence-electron chi connectivity index (χ2n) is 21.9. The number of nitrogens with two attached hydrogens (primary N) is 1. The molecule has 1 amide bonds. The van der Waals surface area contributed by atoms with Crippen molar-refractivity contribution in [2.45, 2.75) is 102 Å². The standard InChI is InChI=1S/C58H64N7O18P3/c1-3-24-77-47-28-39(80-48(47)32-79-85(73,74)83-86(75,76)82-84(70,71)72)30-65-29-38(49-55(59)61-33-62-56(49)65)11-5-19-60-58(69)78-31-34(2)10-4-16-46(66)35-17-18-40(57(67)68)43(25-35)50-44-26-36-12-6-20-63-22-8-14-41(51(36)63)53(44)81-54-42-15-9-23-64-21-7-13-37(52(42)64)27-45(50)54/h3,17-18,25-27,29,33,39,47-48H,1-2,4,6-10,12-16,19-24,28,30-32H2,(H7-,59,60,61,62,67,68,69,70,71,72,73,74,75,76)/p+1/t39-,47-,48-/m1/s1. The van der Waals surface area contributed by atoms with Gasteiger partial charge >= 0.3 is 35.5 Å². The number of amides is 1. The summed E-state index contributed by atoms with van der Waals surface area (Å²) < 4.78 is 76.4. The number of Topliss-reactive ketones (excluding diaryl/α,β-unsaturated/α-hetero) is 1. The number of hydrogen-bond donors (Lipinski definition) is 7. The summed E-state index contributed by atoms with van der Waals surface area (Å²) in [6, 6.07) is 9.33. The zero-order valence-corrected chi connectivity index (χ0v) is 49.5. The molecule has 3 aromatic carbocycles. The van der Waals surface area contributed by atoms with Gasteiger partial charge in [-0.3, -0.25) is 9.32 Å². The first-order valence-corrected chi connectivity index (χ1v) is 32.8. The van der Waals surface area contributed by atoms with Crippen LogP contribution in [0.25, 0.3) is 16.6 Å². The maximum Gasteiger partial charge on any atom is 0.490 e. The molecule has 1 saturated heterocycles. The predicted octanol–water partition coefficient (Wildman–Crippen LogP) is 5.91. The lowest BCUT2D eigenvalue weighted by atomic mass is 9.81. The summed E-state index contributed by atoms with van der Waals surface area (Å²) in [5.41, 5.74) is 16.4. The van der Waals surface area contributed by atoms with Gasteiger partial charge in [0.2, 0.25) is 5.36 Å². The molecule has 11 rings (SSSR count). The topological polar surface area (TPSA) is 343 Å². The summed E-state index contributed by atoms with van der Waals surface area (Å²) in [6.45, 7) is 10.8. The van der Waals surface area contributed by atoms with Crippen LogP contribution in [-0.4, -0.2) is 128 Å². The Morgan fingerprint density at radius 3 is 2.47 bits per heavy atom. The third-order valence-electron chi connectivity index (χ3n) is 16.0. The highest BCUT2D eigenvalue weighted by Gasteiger charge is 2.44. The maximum atomic E-state index is 14.1. The minimum atomic E-state index is -5.75. The van der Waals surface area contributed by atoms with Crippen molar-refractivity contribution in [2.24, 2.45) is 0 Å². The van der Waals surface area contributed by atoms with Crippen molar-refractivity contribution in [3.8, 4) is 23.3 Å². The number of aromatic nitrogens is 3. The Balaban J connectivity index is 0.720. The number of alkyl carbamates (subject to hydrolysis) is 1. The highest BCUT2D eigenvalue weighted by atomic mass is 31.3. The van der Waals surface area contributed by atoms with E-state index in [1.807, 2.05) is 0 Å². The molecule has 454 valence electrons. The van der Waals surface area contributed by atoms with Crippen LogP contribution in [0, 0.1) is 11.8 Å². The number of ketones is 1. The van der Waals surface area contributed by atoms with Crippen LogP contribution in [-0.2, 0) is 73.3 Å². The van der Waals surface area contributed by atoms with Gasteiger partial charge in [-0.15, -0.1) is 6.58 Å². The van der Waals surface area contributed by atoms with Crippen molar-refractivity contribution in [2.75, 3.05) is 63.2 Å². The monoisotopic (exact) mass is 1240 g/mol. The second kappa shape index (κ2) is 25.1. The number of nitrogens with one attached hydrogen (secondary N) is 1. The summed E-state index contributed by atoms with van der Waals surface area (Å²) in [4.78, 5) is 88.4. The van der Waals surface area contributed by atoms with Crippen LogP contribution in [0.5, 0.6) is 11.5 Å². The number of rotatable bonds is 22. The lowest BCUT2D eigenvalue weighted by Gasteiger charge is -2.39. The molecule has 25 nitrogen and oxygen atoms in total. The number of benzene rings is 3. The number of carboxylic acid groups (broad SMARTS) is 1. The molecule has 5 aromatic rings. The number of carboxylic acids is 1. The van der Waals surface area contributed by atoms with Gasteiger partial charge in [-0.25, -0.2) is 37.8 Å². The number of nitrogens with zero attached hydrogens (tertiary/aromatic N) is 5. The molecular formula is C58H65N7O18P3+. The van der Waals surface area contributed by atoms with Crippen LogP contribution >= 0.6 is 23.5 Å². The molecule has 0 aliphatic carbocycles. The van der Waals surface area contributed by atoms with E-state index < -0.39 is 60.4 Å². The molecule has 6 aliphatic rings. The lowest BCUT2D eigenvalue weighted by Crippen LogP contribution is -2.45. The first-order chi connectivity index (χ1) is 41.1. The molecule has 6 aliphatic heterocycles. The summed E-state index contributed by atoms with van der Waals surface area (Å²) in [6.07, 6.45) is 9.80. The molecule has 2 aromatic heterocycles. The van der Waals surface area contributed by atoms with Gasteiger partial charge in [0.25, 0.3) is 0 Å². The minimum absolute atomic E-state index is 0.0453. The molecular weight excluding hydrogens is 1180 g/mol. The van der Waals surface area contributed by atoms with Gasteiger partial charge in [0.05, 0.1) is 60.6 Å². The van der Waals surface area contributed by atoms with Crippen molar-refractivity contribution < 1.29 is 84.9 Å². The second-order valence-corrected chi connectivity index (χ2v) is 26.3. The minimum Gasteiger partial charge on any atom is -0.478 e. The van der Waals surface area contributed by atoms with Gasteiger partial charge in [-0.1, -0.05) is 30.6 Å². The van der Waals surface area contributed by atoms with Gasteiger partial charge in [-0.05, 0) is 92.3 Å². The lowest BCUT2D eigenvalue weighted by molar-refractivity contribution is -0.0424. The van der Waals surface area contributed by atoms with Crippen molar-refractivity contribution in [3.05, 3.63) is 128 Å². The predicted molar refractivity (Wildman–Crippen MR) is 312 cm³/mol. The zero-order valence-electron chi connectivity index (χ0n) is 46.8. The van der Waals surface area contributed by atoms with Crippen LogP contribution < -0.4 is 35.8 Å². The highest BCUT2D eigenvalue weighted by molar-refractivity contribution is 7.66. The van der Waals surface area contributed by atoms with E-state index in [-0.39, 0.29) is 56.3 Å². The van der Waals surface area contributed by atoms with Crippen LogP contribution in [0.3, 0.4) is 0 Å². The third kappa shape index (κ3) is 13.2. The Labute approximate surface area is 493 Å². The van der Waals surface area contributed by atoms with E-state index >= 15 is 0 Å². The van der Waals surface area contributed by atoms with Gasteiger partial charge in [0.1, 0.15) is 55.1 Å². The van der Waals surface area contributed by atoms with Crippen LogP contribution in [0.15, 0.2) is 67.7 Å². The smallest absolute Gasteiger partial charge is 0.478 e. The van der Waals surface area contributed by atoms with Gasteiger partial charge < -0.3 is 64.1 Å². The number of phosphoric ester groups is 1. The Hall–Kier alpha value is -6.87.